The maximum atomic E-state index is 12.4. The summed E-state index contributed by atoms with van der Waals surface area (Å²) in [5.74, 6) is -0.448. The Morgan fingerprint density at radius 3 is 2.08 bits per heavy atom. The summed E-state index contributed by atoms with van der Waals surface area (Å²) in [5.41, 5.74) is -0.659. The van der Waals surface area contributed by atoms with E-state index in [2.05, 4.69) is 74.6 Å². The Kier molecular flexibility index (Phi) is 9.53. The molecule has 196 valence electrons. The lowest BCUT2D eigenvalue weighted by atomic mass is 9.80. The third-order valence-corrected chi connectivity index (χ3v) is 12.8. The number of hydrogen-bond donors (Lipinski definition) is 2. The molecule has 2 aromatic carbocycles. The molecular weight excluding hydrogens is 466 g/mol. The maximum Gasteiger partial charge on any atom is 0.309 e. The highest BCUT2D eigenvalue weighted by molar-refractivity contribution is 6.99. The number of aliphatic carboxylic acids is 1. The zero-order valence-corrected chi connectivity index (χ0v) is 23.4. The lowest BCUT2D eigenvalue weighted by molar-refractivity contribution is -0.149. The van der Waals surface area contributed by atoms with E-state index in [1.165, 1.54) is 17.3 Å². The Morgan fingerprint density at radius 2 is 1.58 bits per heavy atom. The maximum absolute atomic E-state index is 12.4. The summed E-state index contributed by atoms with van der Waals surface area (Å²) in [4.78, 5) is 23.4. The van der Waals surface area contributed by atoms with Gasteiger partial charge >= 0.3 is 5.97 Å². The van der Waals surface area contributed by atoms with E-state index >= 15 is 0 Å². The predicted molar refractivity (Wildman–Crippen MR) is 148 cm³/mol. The van der Waals surface area contributed by atoms with Crippen molar-refractivity contribution in [3.05, 3.63) is 60.7 Å². The number of hydrogen-bond acceptors (Lipinski definition) is 3. The van der Waals surface area contributed by atoms with E-state index in [0.29, 0.717) is 32.4 Å². The predicted octanol–water partition coefficient (Wildman–Crippen LogP) is 5.13. The molecule has 0 heterocycles. The Labute approximate surface area is 217 Å². The van der Waals surface area contributed by atoms with Crippen LogP contribution in [0.15, 0.2) is 60.7 Å². The van der Waals surface area contributed by atoms with Crippen LogP contribution in [-0.4, -0.2) is 38.5 Å². The van der Waals surface area contributed by atoms with Crippen molar-refractivity contribution in [1.82, 2.24) is 5.32 Å². The number of carbonyl (C=O) groups is 2. The normalized spacial score (nSPS) is 20.3. The van der Waals surface area contributed by atoms with E-state index < -0.39 is 19.7 Å². The van der Waals surface area contributed by atoms with Gasteiger partial charge in [-0.25, -0.2) is 0 Å². The van der Waals surface area contributed by atoms with E-state index in [4.69, 9.17) is 4.43 Å². The van der Waals surface area contributed by atoms with Crippen molar-refractivity contribution in [3.63, 3.8) is 0 Å². The molecule has 1 aliphatic rings. The minimum atomic E-state index is -2.62. The van der Waals surface area contributed by atoms with Crippen LogP contribution in [0, 0.1) is 11.3 Å². The first-order chi connectivity index (χ1) is 17.1. The Hall–Kier alpha value is -2.44. The average Bonchev–Trinajstić information content (AvgIpc) is 3.27. The molecule has 0 saturated heterocycles. The van der Waals surface area contributed by atoms with Crippen LogP contribution in [0.2, 0.25) is 5.04 Å². The largest absolute Gasteiger partial charge is 0.481 e. The summed E-state index contributed by atoms with van der Waals surface area (Å²) in [6, 6.07) is 21.2. The van der Waals surface area contributed by atoms with Gasteiger partial charge in [0.05, 0.1) is 5.41 Å². The van der Waals surface area contributed by atoms with Gasteiger partial charge in [0.15, 0.2) is 0 Å². The highest BCUT2D eigenvalue weighted by atomic mass is 28.4. The van der Waals surface area contributed by atoms with Crippen molar-refractivity contribution in [2.24, 2.45) is 11.3 Å². The zero-order valence-electron chi connectivity index (χ0n) is 22.4. The number of nitrogens with one attached hydrogen (secondary N) is 1. The molecule has 1 amide bonds. The molecule has 0 aromatic heterocycles. The summed E-state index contributed by atoms with van der Waals surface area (Å²) < 4.78 is 7.11. The zero-order chi connectivity index (χ0) is 26.2. The molecule has 0 aliphatic heterocycles. The van der Waals surface area contributed by atoms with Gasteiger partial charge < -0.3 is 14.8 Å². The fraction of sp³-hybridized carbons (Fsp3) is 0.533. The molecule has 1 saturated carbocycles. The molecule has 36 heavy (non-hydrogen) atoms. The van der Waals surface area contributed by atoms with Crippen molar-refractivity contribution in [1.29, 1.82) is 0 Å². The van der Waals surface area contributed by atoms with Gasteiger partial charge in [0.1, 0.15) is 0 Å². The van der Waals surface area contributed by atoms with Crippen molar-refractivity contribution >= 4 is 30.6 Å². The van der Waals surface area contributed by atoms with E-state index in [0.717, 1.165) is 25.7 Å². The summed E-state index contributed by atoms with van der Waals surface area (Å²) in [6.07, 6.45) is 5.64. The molecular formula is C30H43NO4Si. The lowest BCUT2D eigenvalue weighted by Gasteiger charge is -2.43. The molecule has 0 radical (unpaired) electrons. The quantitative estimate of drug-likeness (QED) is 0.307. The van der Waals surface area contributed by atoms with Gasteiger partial charge in [-0.2, -0.15) is 0 Å². The monoisotopic (exact) mass is 509 g/mol. The van der Waals surface area contributed by atoms with Crippen molar-refractivity contribution in [2.45, 2.75) is 77.7 Å². The Morgan fingerprint density at radius 1 is 1.00 bits per heavy atom. The fourth-order valence-electron chi connectivity index (χ4n) is 5.94. The molecule has 2 aromatic rings. The number of unbranched alkanes of at least 4 members (excludes halogenated alkanes) is 2. The molecule has 2 N–H and O–H groups in total. The van der Waals surface area contributed by atoms with Gasteiger partial charge in [-0.1, -0.05) is 94.3 Å². The molecule has 3 rings (SSSR count). The second-order valence-corrected chi connectivity index (χ2v) is 15.8. The standard InChI is InChI=1S/C30H43NO4Si/c1-24(32)31-21-13-7-12-19-30(28(33)34)20-18-25(22-30)23-35-36(29(2,3)4,26-14-8-5-9-15-26)27-16-10-6-11-17-27/h5-6,8-11,14-17,25H,7,12-13,18-23H2,1-4H3,(H,31,32)(H,33,34). The first kappa shape index (κ1) is 28.1. The van der Waals surface area contributed by atoms with E-state index in [-0.39, 0.29) is 16.9 Å². The number of carbonyl (C=O) groups excluding carboxylic acids is 1. The summed E-state index contributed by atoms with van der Waals surface area (Å²) in [5, 5.41) is 15.4. The lowest BCUT2D eigenvalue weighted by Crippen LogP contribution is -2.66. The fourth-order valence-corrected chi connectivity index (χ4v) is 10.6. The third-order valence-electron chi connectivity index (χ3n) is 7.82. The van der Waals surface area contributed by atoms with Gasteiger partial charge in [-0.05, 0) is 53.4 Å². The summed E-state index contributed by atoms with van der Waals surface area (Å²) in [6.45, 7) is 9.59. The third kappa shape index (κ3) is 6.46. The molecule has 2 atom stereocenters. The number of carboxylic acids is 1. The van der Waals surface area contributed by atoms with Crippen LogP contribution in [0.1, 0.15) is 72.6 Å². The van der Waals surface area contributed by atoms with Crippen LogP contribution >= 0.6 is 0 Å². The van der Waals surface area contributed by atoms with Crippen molar-refractivity contribution < 1.29 is 19.1 Å². The van der Waals surface area contributed by atoms with Crippen molar-refractivity contribution in [2.75, 3.05) is 13.2 Å². The van der Waals surface area contributed by atoms with Crippen molar-refractivity contribution in [3.8, 4) is 0 Å². The molecule has 0 bridgehead atoms. The summed E-state index contributed by atoms with van der Waals surface area (Å²) in [7, 11) is -2.62. The van der Waals surface area contributed by atoms with Gasteiger partial charge in [-0.15, -0.1) is 0 Å². The number of carboxylic acid groups (broad SMARTS) is 1. The highest BCUT2D eigenvalue weighted by Gasteiger charge is 2.51. The highest BCUT2D eigenvalue weighted by Crippen LogP contribution is 2.47. The minimum absolute atomic E-state index is 0.0171. The van der Waals surface area contributed by atoms with Crippen LogP contribution in [0.4, 0.5) is 0 Å². The second kappa shape index (κ2) is 12.2. The first-order valence-electron chi connectivity index (χ1n) is 13.3. The van der Waals surface area contributed by atoms with E-state index in [1.807, 2.05) is 12.1 Å². The Bertz CT molecular complexity index is 950. The Balaban J connectivity index is 1.74. The molecule has 1 aliphatic carbocycles. The SMILES string of the molecule is CC(=O)NCCCCCC1(C(=O)O)CCC(CO[Si](c2ccccc2)(c2ccccc2)C(C)(C)C)C1. The minimum Gasteiger partial charge on any atom is -0.481 e. The summed E-state index contributed by atoms with van der Waals surface area (Å²) >= 11 is 0. The van der Waals surface area contributed by atoms with Gasteiger partial charge in [0.2, 0.25) is 5.91 Å². The van der Waals surface area contributed by atoms with Crippen LogP contribution in [0.25, 0.3) is 0 Å². The first-order valence-corrected chi connectivity index (χ1v) is 15.2. The molecule has 1 fully saturated rings. The average molecular weight is 510 g/mol. The topological polar surface area (TPSA) is 75.6 Å². The molecule has 6 heteroatoms. The molecule has 0 spiro atoms. The van der Waals surface area contributed by atoms with E-state index in [9.17, 15) is 14.7 Å². The smallest absolute Gasteiger partial charge is 0.309 e. The number of rotatable bonds is 12. The van der Waals surface area contributed by atoms with Crippen LogP contribution < -0.4 is 15.7 Å². The van der Waals surface area contributed by atoms with Gasteiger partial charge in [-0.3, -0.25) is 9.59 Å². The van der Waals surface area contributed by atoms with Crippen LogP contribution in [0.5, 0.6) is 0 Å². The molecule has 5 nitrogen and oxygen atoms in total. The second-order valence-electron chi connectivity index (χ2n) is 11.5. The van der Waals surface area contributed by atoms with Gasteiger partial charge in [0.25, 0.3) is 8.32 Å². The van der Waals surface area contributed by atoms with E-state index in [1.54, 1.807) is 0 Å². The van der Waals surface area contributed by atoms with Crippen LogP contribution in [0.3, 0.4) is 0 Å². The van der Waals surface area contributed by atoms with Crippen LogP contribution in [-0.2, 0) is 14.0 Å². The number of amides is 1. The molecule has 2 unspecified atom stereocenters. The van der Waals surface area contributed by atoms with Gasteiger partial charge in [0, 0.05) is 20.1 Å². The number of benzene rings is 2.